The molecule has 21 heavy (non-hydrogen) atoms. The molecule has 1 nitrogen and oxygen atoms in total. The standard InChI is InChI=1S/C20H36O/c1-2-3-4-5-6-7-17-8-12-19(13-9-17)20-14-10-18(16-21)11-15-20/h3-4,17-21H,2,5-16H2,1H3/b4-3-. The highest BCUT2D eigenvalue weighted by molar-refractivity contribution is 4.83. The largest absolute Gasteiger partial charge is 0.396 e. The topological polar surface area (TPSA) is 20.2 Å². The SMILES string of the molecule is CC/C=C\CCCC1CCC(C2CCC(CO)CC2)CC1. The Morgan fingerprint density at radius 3 is 1.90 bits per heavy atom. The summed E-state index contributed by atoms with van der Waals surface area (Å²) in [6.45, 7) is 2.64. The molecule has 0 radical (unpaired) electrons. The van der Waals surface area contributed by atoms with Crippen LogP contribution in [-0.2, 0) is 0 Å². The Morgan fingerprint density at radius 2 is 1.38 bits per heavy atom. The van der Waals surface area contributed by atoms with Crippen molar-refractivity contribution < 1.29 is 5.11 Å². The zero-order chi connectivity index (χ0) is 14.9. The van der Waals surface area contributed by atoms with Gasteiger partial charge in [0.15, 0.2) is 0 Å². The first-order valence-corrected chi connectivity index (χ1v) is 9.59. The molecule has 0 aromatic carbocycles. The minimum atomic E-state index is 0.423. The number of hydrogen-bond donors (Lipinski definition) is 1. The maximum absolute atomic E-state index is 9.25. The number of aliphatic hydroxyl groups is 1. The first kappa shape index (κ1) is 17.1. The van der Waals surface area contributed by atoms with Crippen molar-refractivity contribution in [3.8, 4) is 0 Å². The van der Waals surface area contributed by atoms with Crippen molar-refractivity contribution in [3.63, 3.8) is 0 Å². The van der Waals surface area contributed by atoms with Gasteiger partial charge in [0.2, 0.25) is 0 Å². The van der Waals surface area contributed by atoms with Crippen molar-refractivity contribution in [2.75, 3.05) is 6.61 Å². The summed E-state index contributed by atoms with van der Waals surface area (Å²) in [5.74, 6) is 3.64. The maximum atomic E-state index is 9.25. The fourth-order valence-corrected chi connectivity index (χ4v) is 4.60. The molecule has 0 unspecified atom stereocenters. The molecule has 0 bridgehead atoms. The fraction of sp³-hybridized carbons (Fsp3) is 0.900. The highest BCUT2D eigenvalue weighted by atomic mass is 16.3. The Bertz CT molecular complexity index is 280. The molecule has 0 heterocycles. The van der Waals surface area contributed by atoms with Crippen LogP contribution in [0.3, 0.4) is 0 Å². The summed E-state index contributed by atoms with van der Waals surface area (Å²) >= 11 is 0. The Morgan fingerprint density at radius 1 is 0.810 bits per heavy atom. The van der Waals surface area contributed by atoms with Gasteiger partial charge >= 0.3 is 0 Å². The maximum Gasteiger partial charge on any atom is 0.0459 e. The zero-order valence-corrected chi connectivity index (χ0v) is 14.1. The van der Waals surface area contributed by atoms with Gasteiger partial charge in [0.25, 0.3) is 0 Å². The monoisotopic (exact) mass is 292 g/mol. The third-order valence-corrected chi connectivity index (χ3v) is 6.09. The van der Waals surface area contributed by atoms with Gasteiger partial charge in [-0.05, 0) is 81.5 Å². The van der Waals surface area contributed by atoms with Gasteiger partial charge in [-0.3, -0.25) is 0 Å². The summed E-state index contributed by atoms with van der Waals surface area (Å²) < 4.78 is 0. The summed E-state index contributed by atoms with van der Waals surface area (Å²) in [5.41, 5.74) is 0. The van der Waals surface area contributed by atoms with E-state index < -0.39 is 0 Å². The van der Waals surface area contributed by atoms with Gasteiger partial charge in [-0.1, -0.05) is 38.3 Å². The van der Waals surface area contributed by atoms with Gasteiger partial charge in [0.05, 0.1) is 0 Å². The molecule has 1 heteroatoms. The Kier molecular flexibility index (Phi) is 7.85. The van der Waals surface area contributed by atoms with Crippen molar-refractivity contribution in [3.05, 3.63) is 12.2 Å². The predicted molar refractivity (Wildman–Crippen MR) is 91.3 cm³/mol. The quantitative estimate of drug-likeness (QED) is 0.469. The van der Waals surface area contributed by atoms with Crippen LogP contribution in [0.4, 0.5) is 0 Å². The summed E-state index contributed by atoms with van der Waals surface area (Å²) in [7, 11) is 0. The Labute approximate surface area is 132 Å². The van der Waals surface area contributed by atoms with Gasteiger partial charge < -0.3 is 5.11 Å². The van der Waals surface area contributed by atoms with Crippen molar-refractivity contribution in [1.82, 2.24) is 0 Å². The normalized spacial score (nSPS) is 34.4. The van der Waals surface area contributed by atoms with Gasteiger partial charge in [0, 0.05) is 6.61 Å². The first-order chi connectivity index (χ1) is 10.3. The van der Waals surface area contributed by atoms with Crippen molar-refractivity contribution in [1.29, 1.82) is 0 Å². The average molecular weight is 293 g/mol. The van der Waals surface area contributed by atoms with E-state index in [4.69, 9.17) is 0 Å². The number of allylic oxidation sites excluding steroid dienone is 2. The van der Waals surface area contributed by atoms with Crippen LogP contribution in [0.1, 0.15) is 84.0 Å². The number of aliphatic hydroxyl groups excluding tert-OH is 1. The van der Waals surface area contributed by atoms with Crippen LogP contribution in [0, 0.1) is 23.7 Å². The van der Waals surface area contributed by atoms with Crippen molar-refractivity contribution >= 4 is 0 Å². The fourth-order valence-electron chi connectivity index (χ4n) is 4.60. The number of hydrogen-bond acceptors (Lipinski definition) is 1. The molecule has 0 spiro atoms. The third-order valence-electron chi connectivity index (χ3n) is 6.09. The highest BCUT2D eigenvalue weighted by Gasteiger charge is 2.30. The molecule has 0 aliphatic heterocycles. The van der Waals surface area contributed by atoms with E-state index in [2.05, 4.69) is 19.1 Å². The van der Waals surface area contributed by atoms with E-state index in [-0.39, 0.29) is 0 Å². The minimum Gasteiger partial charge on any atom is -0.396 e. The zero-order valence-electron chi connectivity index (χ0n) is 14.1. The van der Waals surface area contributed by atoms with Gasteiger partial charge in [0.1, 0.15) is 0 Å². The van der Waals surface area contributed by atoms with E-state index in [9.17, 15) is 5.11 Å². The van der Waals surface area contributed by atoms with Crippen LogP contribution < -0.4 is 0 Å². The molecule has 2 rings (SSSR count). The van der Waals surface area contributed by atoms with Crippen molar-refractivity contribution in [2.24, 2.45) is 23.7 Å². The highest BCUT2D eigenvalue weighted by Crippen LogP contribution is 2.42. The molecule has 2 aliphatic carbocycles. The second-order valence-electron chi connectivity index (χ2n) is 7.55. The molecule has 2 fully saturated rings. The Balaban J connectivity index is 1.59. The molecule has 2 saturated carbocycles. The van der Waals surface area contributed by atoms with E-state index >= 15 is 0 Å². The van der Waals surface area contributed by atoms with Crippen LogP contribution in [0.5, 0.6) is 0 Å². The van der Waals surface area contributed by atoms with Crippen LogP contribution >= 0.6 is 0 Å². The van der Waals surface area contributed by atoms with Crippen molar-refractivity contribution in [2.45, 2.75) is 84.0 Å². The smallest absolute Gasteiger partial charge is 0.0459 e. The molecule has 1 N–H and O–H groups in total. The third kappa shape index (κ3) is 5.77. The lowest BCUT2D eigenvalue weighted by Gasteiger charge is -2.37. The second-order valence-corrected chi connectivity index (χ2v) is 7.55. The lowest BCUT2D eigenvalue weighted by molar-refractivity contribution is 0.115. The van der Waals surface area contributed by atoms with Crippen LogP contribution in [0.25, 0.3) is 0 Å². The summed E-state index contributed by atoms with van der Waals surface area (Å²) in [6.07, 6.45) is 21.3. The average Bonchev–Trinajstić information content (AvgIpc) is 2.55. The van der Waals surface area contributed by atoms with Gasteiger partial charge in [-0.15, -0.1) is 0 Å². The molecular weight excluding hydrogens is 256 g/mol. The predicted octanol–water partition coefficient (Wildman–Crippen LogP) is 5.73. The van der Waals surface area contributed by atoms with E-state index in [1.807, 2.05) is 0 Å². The summed E-state index contributed by atoms with van der Waals surface area (Å²) in [5, 5.41) is 9.25. The lowest BCUT2D eigenvalue weighted by atomic mass is 9.69. The first-order valence-electron chi connectivity index (χ1n) is 9.59. The molecule has 0 amide bonds. The Hall–Kier alpha value is -0.300. The van der Waals surface area contributed by atoms with Crippen LogP contribution in [0.15, 0.2) is 12.2 Å². The summed E-state index contributed by atoms with van der Waals surface area (Å²) in [6, 6.07) is 0. The van der Waals surface area contributed by atoms with Crippen LogP contribution in [0.2, 0.25) is 0 Å². The lowest BCUT2D eigenvalue weighted by Crippen LogP contribution is -2.26. The van der Waals surface area contributed by atoms with Gasteiger partial charge in [-0.25, -0.2) is 0 Å². The van der Waals surface area contributed by atoms with Crippen LogP contribution in [-0.4, -0.2) is 11.7 Å². The minimum absolute atomic E-state index is 0.423. The van der Waals surface area contributed by atoms with E-state index in [1.54, 1.807) is 0 Å². The molecule has 122 valence electrons. The molecule has 0 atom stereocenters. The van der Waals surface area contributed by atoms with E-state index in [0.29, 0.717) is 12.5 Å². The molecule has 2 aliphatic rings. The molecule has 0 aromatic rings. The van der Waals surface area contributed by atoms with Gasteiger partial charge in [-0.2, -0.15) is 0 Å². The molecule has 0 saturated heterocycles. The number of unbranched alkanes of at least 4 members (excludes halogenated alkanes) is 1. The molecule has 0 aromatic heterocycles. The second kappa shape index (κ2) is 9.66. The van der Waals surface area contributed by atoms with E-state index in [0.717, 1.165) is 17.8 Å². The summed E-state index contributed by atoms with van der Waals surface area (Å²) in [4.78, 5) is 0. The van der Waals surface area contributed by atoms with E-state index in [1.165, 1.54) is 77.0 Å². The number of rotatable bonds is 7. The molecular formula is C20H36O.